The molecule has 100 valence electrons. The topological polar surface area (TPSA) is 20.2 Å². The van der Waals surface area contributed by atoms with E-state index in [-0.39, 0.29) is 6.61 Å². The third kappa shape index (κ3) is 2.87. The van der Waals surface area contributed by atoms with Gasteiger partial charge in [-0.15, -0.1) is 0 Å². The summed E-state index contributed by atoms with van der Waals surface area (Å²) in [6.45, 7) is 4.57. The summed E-state index contributed by atoms with van der Waals surface area (Å²) < 4.78 is 0. The molecule has 0 fully saturated rings. The third-order valence-electron chi connectivity index (χ3n) is 3.50. The Balaban J connectivity index is 2.54. The predicted octanol–water partition coefficient (Wildman–Crippen LogP) is 3.31. The highest BCUT2D eigenvalue weighted by Gasteiger charge is 2.28. The van der Waals surface area contributed by atoms with Crippen LogP contribution in [-0.2, 0) is 6.61 Å². The van der Waals surface area contributed by atoms with Crippen LogP contribution in [-0.4, -0.2) is 13.2 Å². The zero-order valence-electron chi connectivity index (χ0n) is 11.0. The van der Waals surface area contributed by atoms with Gasteiger partial charge in [-0.2, -0.15) is 0 Å². The minimum atomic E-state index is -1.88. The van der Waals surface area contributed by atoms with Gasteiger partial charge < -0.3 is 5.11 Å². The molecule has 1 nitrogen and oxygen atoms in total. The molecule has 0 amide bonds. The monoisotopic (exact) mass is 310 g/mol. The summed E-state index contributed by atoms with van der Waals surface area (Å²) >= 11 is 12.1. The highest BCUT2D eigenvalue weighted by Crippen LogP contribution is 2.21. The molecule has 0 unspecified atom stereocenters. The second-order valence-electron chi connectivity index (χ2n) is 5.07. The van der Waals surface area contributed by atoms with Gasteiger partial charge >= 0.3 is 0 Å². The van der Waals surface area contributed by atoms with E-state index in [4.69, 9.17) is 23.2 Å². The molecule has 2 rings (SSSR count). The Morgan fingerprint density at radius 1 is 1.00 bits per heavy atom. The average molecular weight is 311 g/mol. The van der Waals surface area contributed by atoms with Crippen molar-refractivity contribution in [2.45, 2.75) is 19.7 Å². The van der Waals surface area contributed by atoms with E-state index in [0.717, 1.165) is 5.56 Å². The quantitative estimate of drug-likeness (QED) is 0.862. The first kappa shape index (κ1) is 14.6. The minimum absolute atomic E-state index is 0.0634. The van der Waals surface area contributed by atoms with Crippen LogP contribution in [0, 0.1) is 0 Å². The van der Waals surface area contributed by atoms with Crippen LogP contribution in [0.15, 0.2) is 42.5 Å². The van der Waals surface area contributed by atoms with Crippen molar-refractivity contribution in [1.82, 2.24) is 0 Å². The summed E-state index contributed by atoms with van der Waals surface area (Å²) in [5.74, 6) is 0. The van der Waals surface area contributed by atoms with Crippen molar-refractivity contribution in [2.75, 3.05) is 0 Å². The SMILES string of the molecule is C[Si](C)(c1ccc(Cl)c(Cl)c1)c1ccccc1CO. The smallest absolute Gasteiger partial charge is 0.112 e. The lowest BCUT2D eigenvalue weighted by Crippen LogP contribution is -2.54. The molecule has 0 bridgehead atoms. The number of aliphatic hydroxyl groups excluding tert-OH is 1. The van der Waals surface area contributed by atoms with Crippen molar-refractivity contribution in [1.29, 1.82) is 0 Å². The molecule has 0 aliphatic heterocycles. The number of benzene rings is 2. The molecule has 0 aliphatic carbocycles. The molecule has 0 saturated heterocycles. The van der Waals surface area contributed by atoms with Crippen LogP contribution in [0.3, 0.4) is 0 Å². The lowest BCUT2D eigenvalue weighted by atomic mass is 10.2. The molecule has 0 atom stereocenters. The first-order chi connectivity index (χ1) is 8.96. The first-order valence-corrected chi connectivity index (χ1v) is 9.87. The van der Waals surface area contributed by atoms with Gasteiger partial charge in [0.05, 0.1) is 16.7 Å². The summed E-state index contributed by atoms with van der Waals surface area (Å²) in [6.07, 6.45) is 0. The molecule has 0 heterocycles. The molecule has 19 heavy (non-hydrogen) atoms. The standard InChI is InChI=1S/C15H16Cl2OSi/c1-19(2,12-7-8-13(16)14(17)9-12)15-6-4-3-5-11(15)10-18/h3-9,18H,10H2,1-2H3. The van der Waals surface area contributed by atoms with Gasteiger partial charge in [-0.25, -0.2) is 0 Å². The van der Waals surface area contributed by atoms with Crippen molar-refractivity contribution in [3.63, 3.8) is 0 Å². The van der Waals surface area contributed by atoms with Gasteiger partial charge in [-0.05, 0) is 22.9 Å². The average Bonchev–Trinajstić information content (AvgIpc) is 2.41. The number of aliphatic hydroxyl groups is 1. The lowest BCUT2D eigenvalue weighted by Gasteiger charge is -2.26. The highest BCUT2D eigenvalue weighted by atomic mass is 35.5. The van der Waals surface area contributed by atoms with Crippen molar-refractivity contribution in [3.8, 4) is 0 Å². The molecule has 0 saturated carbocycles. The van der Waals surface area contributed by atoms with E-state index in [2.05, 4.69) is 19.2 Å². The summed E-state index contributed by atoms with van der Waals surface area (Å²) in [7, 11) is -1.88. The fraction of sp³-hybridized carbons (Fsp3) is 0.200. The van der Waals surface area contributed by atoms with Crippen LogP contribution in [0.1, 0.15) is 5.56 Å². The second kappa shape index (κ2) is 5.67. The van der Waals surface area contributed by atoms with E-state index < -0.39 is 8.07 Å². The molecule has 2 aromatic carbocycles. The summed E-state index contributed by atoms with van der Waals surface area (Å²) in [6, 6.07) is 13.9. The van der Waals surface area contributed by atoms with Crippen LogP contribution in [0.25, 0.3) is 0 Å². The van der Waals surface area contributed by atoms with Crippen LogP contribution in [0.4, 0.5) is 0 Å². The summed E-state index contributed by atoms with van der Waals surface area (Å²) in [4.78, 5) is 0. The van der Waals surface area contributed by atoms with Gasteiger partial charge in [0.2, 0.25) is 0 Å². The van der Waals surface area contributed by atoms with E-state index in [0.29, 0.717) is 10.0 Å². The number of hydrogen-bond donors (Lipinski definition) is 1. The Hall–Kier alpha value is -0.803. The molecular weight excluding hydrogens is 295 g/mol. The molecule has 0 aromatic heterocycles. The Kier molecular flexibility index (Phi) is 4.36. The van der Waals surface area contributed by atoms with Crippen LogP contribution in [0.5, 0.6) is 0 Å². The van der Waals surface area contributed by atoms with E-state index in [1.807, 2.05) is 36.4 Å². The van der Waals surface area contributed by atoms with Crippen molar-refractivity contribution < 1.29 is 5.11 Å². The predicted molar refractivity (Wildman–Crippen MR) is 85.6 cm³/mol. The van der Waals surface area contributed by atoms with Gasteiger partial charge in [0.15, 0.2) is 0 Å². The number of hydrogen-bond acceptors (Lipinski definition) is 1. The molecule has 1 N–H and O–H groups in total. The van der Waals surface area contributed by atoms with Crippen molar-refractivity contribution in [2.24, 2.45) is 0 Å². The van der Waals surface area contributed by atoms with Crippen LogP contribution < -0.4 is 10.4 Å². The maximum absolute atomic E-state index is 9.50. The normalized spacial score (nSPS) is 11.6. The van der Waals surface area contributed by atoms with Crippen LogP contribution >= 0.6 is 23.2 Å². The molecule has 2 aromatic rings. The number of halogens is 2. The Morgan fingerprint density at radius 3 is 2.32 bits per heavy atom. The van der Waals surface area contributed by atoms with Crippen LogP contribution in [0.2, 0.25) is 23.1 Å². The second-order valence-corrected chi connectivity index (χ2v) is 10.2. The maximum Gasteiger partial charge on any atom is 0.112 e. The Morgan fingerprint density at radius 2 is 1.68 bits per heavy atom. The lowest BCUT2D eigenvalue weighted by molar-refractivity contribution is 0.283. The third-order valence-corrected chi connectivity index (χ3v) is 7.83. The summed E-state index contributed by atoms with van der Waals surface area (Å²) in [5.41, 5.74) is 0.991. The molecular formula is C15H16Cl2OSi. The first-order valence-electron chi connectivity index (χ1n) is 6.11. The van der Waals surface area contributed by atoms with Gasteiger partial charge in [-0.3, -0.25) is 0 Å². The van der Waals surface area contributed by atoms with E-state index in [1.165, 1.54) is 10.4 Å². The molecule has 0 spiro atoms. The molecule has 4 heteroatoms. The van der Waals surface area contributed by atoms with Crippen molar-refractivity contribution >= 4 is 41.6 Å². The maximum atomic E-state index is 9.50. The van der Waals surface area contributed by atoms with Gasteiger partial charge in [0.1, 0.15) is 8.07 Å². The molecule has 0 aliphatic rings. The Labute approximate surface area is 124 Å². The fourth-order valence-electron chi connectivity index (χ4n) is 2.31. The largest absolute Gasteiger partial charge is 0.392 e. The van der Waals surface area contributed by atoms with Gasteiger partial charge in [-0.1, -0.05) is 71.8 Å². The molecule has 0 radical (unpaired) electrons. The summed E-state index contributed by atoms with van der Waals surface area (Å²) in [5, 5.41) is 13.1. The van der Waals surface area contributed by atoms with Gasteiger partial charge in [0.25, 0.3) is 0 Å². The van der Waals surface area contributed by atoms with Crippen molar-refractivity contribution in [3.05, 3.63) is 58.1 Å². The van der Waals surface area contributed by atoms with E-state index in [1.54, 1.807) is 0 Å². The van der Waals surface area contributed by atoms with Gasteiger partial charge in [0, 0.05) is 0 Å². The highest BCUT2D eigenvalue weighted by molar-refractivity contribution is 7.00. The van der Waals surface area contributed by atoms with E-state index >= 15 is 0 Å². The number of rotatable bonds is 3. The fourth-order valence-corrected chi connectivity index (χ4v) is 5.49. The Bertz CT molecular complexity index is 596. The zero-order chi connectivity index (χ0) is 14.0. The minimum Gasteiger partial charge on any atom is -0.392 e. The zero-order valence-corrected chi connectivity index (χ0v) is 13.5. The van der Waals surface area contributed by atoms with E-state index in [9.17, 15) is 5.11 Å².